The van der Waals surface area contributed by atoms with Gasteiger partial charge in [-0.3, -0.25) is 9.10 Å². The van der Waals surface area contributed by atoms with Crippen molar-refractivity contribution in [3.05, 3.63) is 59.2 Å². The normalized spacial score (nSPS) is 12.2. The molecule has 0 aromatic heterocycles. The van der Waals surface area contributed by atoms with Crippen molar-refractivity contribution in [2.24, 2.45) is 0 Å². The van der Waals surface area contributed by atoms with Crippen LogP contribution in [0.5, 0.6) is 0 Å². The number of aryl methyl sites for hydroxylation is 2. The van der Waals surface area contributed by atoms with Crippen molar-refractivity contribution in [1.82, 2.24) is 0 Å². The number of hydrogen-bond donors (Lipinski definition) is 1. The third-order valence-electron chi connectivity index (χ3n) is 4.81. The number of hydrogen-bond acceptors (Lipinski definition) is 5. The molecule has 0 aliphatic heterocycles. The molecule has 1 amide bonds. The lowest BCUT2D eigenvalue weighted by molar-refractivity contribution is -0.116. The maximum Gasteiger partial charge on any atom is 0.338 e. The molecule has 0 saturated heterocycles. The molecule has 0 radical (unpaired) electrons. The van der Waals surface area contributed by atoms with E-state index in [1.807, 2.05) is 26.0 Å². The molecule has 0 saturated carbocycles. The smallest absolute Gasteiger partial charge is 0.338 e. The summed E-state index contributed by atoms with van der Waals surface area (Å²) >= 11 is 0. The van der Waals surface area contributed by atoms with Gasteiger partial charge in [0, 0.05) is 5.69 Å². The van der Waals surface area contributed by atoms with Crippen molar-refractivity contribution >= 4 is 33.3 Å². The number of benzene rings is 2. The van der Waals surface area contributed by atoms with Crippen LogP contribution in [0.25, 0.3) is 0 Å². The first kappa shape index (κ1) is 24.4. The van der Waals surface area contributed by atoms with Gasteiger partial charge in [0.15, 0.2) is 0 Å². The van der Waals surface area contributed by atoms with Crippen LogP contribution in [-0.2, 0) is 19.6 Å². The van der Waals surface area contributed by atoms with Crippen LogP contribution < -0.4 is 9.62 Å². The highest BCUT2D eigenvalue weighted by atomic mass is 32.2. The molecule has 0 fully saturated rings. The zero-order valence-electron chi connectivity index (χ0n) is 18.6. The fourth-order valence-corrected chi connectivity index (χ4v) is 4.29. The number of anilines is 2. The number of amides is 1. The lowest BCUT2D eigenvalue weighted by Gasteiger charge is -2.29. The molecule has 1 atom stereocenters. The fraction of sp³-hybridized carbons (Fsp3) is 0.391. The number of carbonyl (C=O) groups is 2. The molecule has 168 valence electrons. The van der Waals surface area contributed by atoms with Crippen molar-refractivity contribution in [2.75, 3.05) is 22.5 Å². The van der Waals surface area contributed by atoms with Gasteiger partial charge in [0.05, 0.1) is 24.1 Å². The summed E-state index contributed by atoms with van der Waals surface area (Å²) in [6.45, 7) is 7.58. The number of sulfonamides is 1. The Morgan fingerprint density at radius 3 is 2.32 bits per heavy atom. The van der Waals surface area contributed by atoms with Crippen molar-refractivity contribution in [3.63, 3.8) is 0 Å². The summed E-state index contributed by atoms with van der Waals surface area (Å²) < 4.78 is 31.3. The largest absolute Gasteiger partial charge is 0.462 e. The van der Waals surface area contributed by atoms with Gasteiger partial charge in [0.25, 0.3) is 0 Å². The van der Waals surface area contributed by atoms with Gasteiger partial charge in [-0.25, -0.2) is 13.2 Å². The summed E-state index contributed by atoms with van der Waals surface area (Å²) in [6.07, 6.45) is 2.82. The number of ether oxygens (including phenoxy) is 1. The molecule has 0 aliphatic rings. The van der Waals surface area contributed by atoms with E-state index >= 15 is 0 Å². The number of nitrogens with zero attached hydrogens (tertiary/aromatic N) is 1. The van der Waals surface area contributed by atoms with Gasteiger partial charge >= 0.3 is 5.97 Å². The Morgan fingerprint density at radius 2 is 1.74 bits per heavy atom. The SMILES string of the molecule is CCCCOC(=O)c1ccc(NC(=O)[C@H](C)N(c2cc(C)ccc2C)S(C)(=O)=O)cc1. The van der Waals surface area contributed by atoms with Crippen LogP contribution in [0, 0.1) is 13.8 Å². The average Bonchev–Trinajstić information content (AvgIpc) is 2.70. The molecule has 0 bridgehead atoms. The highest BCUT2D eigenvalue weighted by Gasteiger charge is 2.30. The third kappa shape index (κ3) is 6.55. The molecule has 0 spiro atoms. The minimum absolute atomic E-state index is 0.366. The van der Waals surface area contributed by atoms with Crippen LogP contribution in [0.1, 0.15) is 48.2 Å². The molecule has 7 nitrogen and oxygen atoms in total. The summed E-state index contributed by atoms with van der Waals surface area (Å²) in [7, 11) is -3.71. The molecule has 0 unspecified atom stereocenters. The van der Waals surface area contributed by atoms with Gasteiger partial charge < -0.3 is 10.1 Å². The first-order valence-corrected chi connectivity index (χ1v) is 12.0. The maximum atomic E-state index is 12.9. The second-order valence-corrected chi connectivity index (χ2v) is 9.44. The van der Waals surface area contributed by atoms with E-state index in [0.29, 0.717) is 23.5 Å². The Kier molecular flexibility index (Phi) is 8.21. The zero-order valence-corrected chi connectivity index (χ0v) is 19.5. The van der Waals surface area contributed by atoms with E-state index in [-0.39, 0.29) is 0 Å². The standard InChI is InChI=1S/C23H30N2O5S/c1-6-7-14-30-23(27)19-10-12-20(13-11-19)24-22(26)18(4)25(31(5,28)29)21-15-16(2)8-9-17(21)3/h8-13,15,18H,6-7,14H2,1-5H3,(H,24,26)/t18-/m0/s1. The molecular weight excluding hydrogens is 416 g/mol. The summed E-state index contributed by atoms with van der Waals surface area (Å²) in [5, 5.41) is 2.72. The molecule has 0 heterocycles. The van der Waals surface area contributed by atoms with E-state index in [1.54, 1.807) is 37.3 Å². The molecule has 8 heteroatoms. The summed E-state index contributed by atoms with van der Waals surface area (Å²) in [5.74, 6) is -0.900. The Labute approximate surface area is 184 Å². The Bertz CT molecular complexity index is 1030. The predicted octanol–water partition coefficient (Wildman–Crippen LogP) is 4.05. The topological polar surface area (TPSA) is 92.8 Å². The van der Waals surface area contributed by atoms with Gasteiger partial charge in [-0.1, -0.05) is 25.5 Å². The van der Waals surface area contributed by atoms with Crippen molar-refractivity contribution in [2.45, 2.75) is 46.6 Å². The second-order valence-electron chi connectivity index (χ2n) is 7.58. The first-order valence-electron chi connectivity index (χ1n) is 10.2. The van der Waals surface area contributed by atoms with Gasteiger partial charge in [0.1, 0.15) is 6.04 Å². The van der Waals surface area contributed by atoms with E-state index in [2.05, 4.69) is 5.32 Å². The van der Waals surface area contributed by atoms with Gasteiger partial charge in [-0.05, 0) is 68.7 Å². The Hall–Kier alpha value is -2.87. The van der Waals surface area contributed by atoms with Crippen LogP contribution in [0.3, 0.4) is 0 Å². The summed E-state index contributed by atoms with van der Waals surface area (Å²) in [4.78, 5) is 24.8. The van der Waals surface area contributed by atoms with E-state index in [4.69, 9.17) is 4.74 Å². The quantitative estimate of drug-likeness (QED) is 0.463. The van der Waals surface area contributed by atoms with Crippen molar-refractivity contribution in [1.29, 1.82) is 0 Å². The Balaban J connectivity index is 2.17. The van der Waals surface area contributed by atoms with E-state index in [1.165, 1.54) is 6.92 Å². The van der Waals surface area contributed by atoms with E-state index in [0.717, 1.165) is 34.5 Å². The number of unbranched alkanes of at least 4 members (excludes halogenated alkanes) is 1. The highest BCUT2D eigenvalue weighted by Crippen LogP contribution is 2.26. The molecular formula is C23H30N2O5S. The highest BCUT2D eigenvalue weighted by molar-refractivity contribution is 7.92. The molecule has 1 N–H and O–H groups in total. The monoisotopic (exact) mass is 446 g/mol. The minimum Gasteiger partial charge on any atom is -0.462 e. The van der Waals surface area contributed by atoms with Gasteiger partial charge in [-0.2, -0.15) is 0 Å². The van der Waals surface area contributed by atoms with E-state index < -0.39 is 27.9 Å². The number of rotatable bonds is 9. The first-order chi connectivity index (χ1) is 14.5. The van der Waals surface area contributed by atoms with Crippen molar-refractivity contribution in [3.8, 4) is 0 Å². The lowest BCUT2D eigenvalue weighted by atomic mass is 10.1. The molecule has 2 aromatic rings. The maximum absolute atomic E-state index is 12.9. The van der Waals surface area contributed by atoms with Crippen LogP contribution >= 0.6 is 0 Å². The third-order valence-corrected chi connectivity index (χ3v) is 6.04. The summed E-state index contributed by atoms with van der Waals surface area (Å²) in [5.41, 5.74) is 2.95. The average molecular weight is 447 g/mol. The minimum atomic E-state index is -3.71. The number of carbonyl (C=O) groups excluding carboxylic acids is 2. The predicted molar refractivity (Wildman–Crippen MR) is 123 cm³/mol. The van der Waals surface area contributed by atoms with E-state index in [9.17, 15) is 18.0 Å². The Morgan fingerprint density at radius 1 is 1.10 bits per heavy atom. The second kappa shape index (κ2) is 10.4. The summed E-state index contributed by atoms with van der Waals surface area (Å²) in [6, 6.07) is 10.8. The lowest BCUT2D eigenvalue weighted by Crippen LogP contribution is -2.45. The van der Waals surface area contributed by atoms with Crippen LogP contribution in [0.15, 0.2) is 42.5 Å². The van der Waals surface area contributed by atoms with Crippen molar-refractivity contribution < 1.29 is 22.7 Å². The zero-order chi connectivity index (χ0) is 23.2. The number of esters is 1. The van der Waals surface area contributed by atoms with Crippen LogP contribution in [0.4, 0.5) is 11.4 Å². The van der Waals surface area contributed by atoms with Gasteiger partial charge in [-0.15, -0.1) is 0 Å². The van der Waals surface area contributed by atoms with Crippen LogP contribution in [0.2, 0.25) is 0 Å². The van der Waals surface area contributed by atoms with Crippen LogP contribution in [-0.4, -0.2) is 39.2 Å². The molecule has 31 heavy (non-hydrogen) atoms. The molecule has 0 aliphatic carbocycles. The fourth-order valence-electron chi connectivity index (χ4n) is 3.07. The molecule has 2 rings (SSSR count). The molecule has 2 aromatic carbocycles. The van der Waals surface area contributed by atoms with Gasteiger partial charge in [0.2, 0.25) is 15.9 Å². The number of nitrogens with one attached hydrogen (secondary N) is 1.